The van der Waals surface area contributed by atoms with Gasteiger partial charge in [-0.15, -0.1) is 0 Å². The van der Waals surface area contributed by atoms with Crippen LogP contribution in [0.1, 0.15) is 53.4 Å². The molecule has 1 aromatic rings. The number of unbranched alkanes of at least 4 members (excludes halogenated alkanes) is 1. The molecule has 1 aromatic carbocycles. The van der Waals surface area contributed by atoms with Crippen LogP contribution in [-0.2, 0) is 19.1 Å². The standard InChI is InChI=1S/C28H40BrN3O6/c1-5-7-12-30-26(35)24-28-14-20(29)23(38-28)21(22(28)27(36)32(24)18(15-33)13-16(3)4)25(34)31-17-8-10-19(11-9-17)37-6-2/h8-11,16,18,20-24,33H,5-7,12-15H2,1-4H3,(H,30,35)(H,31,34)/t18-,20?,21-,22+,23-,24?,28?/m1/s1. The highest BCUT2D eigenvalue weighted by Crippen LogP contribution is 2.60. The Balaban J connectivity index is 1.66. The number of hydrogen-bond acceptors (Lipinski definition) is 6. The van der Waals surface area contributed by atoms with Gasteiger partial charge >= 0.3 is 0 Å². The molecule has 9 nitrogen and oxygen atoms in total. The van der Waals surface area contributed by atoms with E-state index in [2.05, 4.69) is 26.6 Å². The summed E-state index contributed by atoms with van der Waals surface area (Å²) in [5.41, 5.74) is -0.553. The first-order chi connectivity index (χ1) is 18.2. The molecule has 0 radical (unpaired) electrons. The minimum absolute atomic E-state index is 0.189. The second-order valence-corrected chi connectivity index (χ2v) is 12.1. The van der Waals surface area contributed by atoms with E-state index in [1.165, 1.54) is 4.90 Å². The van der Waals surface area contributed by atoms with Gasteiger partial charge in [-0.2, -0.15) is 0 Å². The lowest BCUT2D eigenvalue weighted by Gasteiger charge is -2.37. The molecule has 0 aliphatic carbocycles. The van der Waals surface area contributed by atoms with Crippen LogP contribution in [0.15, 0.2) is 24.3 Å². The molecule has 38 heavy (non-hydrogen) atoms. The maximum absolute atomic E-state index is 14.1. The van der Waals surface area contributed by atoms with Crippen LogP contribution in [-0.4, -0.2) is 76.1 Å². The van der Waals surface area contributed by atoms with Gasteiger partial charge in [0, 0.05) is 17.1 Å². The number of benzene rings is 1. The number of ether oxygens (including phenoxy) is 2. The smallest absolute Gasteiger partial charge is 0.245 e. The van der Waals surface area contributed by atoms with E-state index in [0.29, 0.717) is 37.4 Å². The fourth-order valence-electron chi connectivity index (χ4n) is 6.39. The molecular weight excluding hydrogens is 554 g/mol. The van der Waals surface area contributed by atoms with Gasteiger partial charge in [0.1, 0.15) is 17.4 Å². The summed E-state index contributed by atoms with van der Waals surface area (Å²) >= 11 is 3.69. The SMILES string of the molecule is CCCCNC(=O)C1N([C@@H](CO)CC(C)C)C(=O)[C@@H]2[C@@H](C(=O)Nc3ccc(OCC)cc3)[C@@H]3OC12CC3Br. The molecule has 3 unspecified atom stereocenters. The van der Waals surface area contributed by atoms with Crippen LogP contribution in [0.5, 0.6) is 5.75 Å². The lowest BCUT2D eigenvalue weighted by Crippen LogP contribution is -2.58. The van der Waals surface area contributed by atoms with E-state index in [-0.39, 0.29) is 35.1 Å². The third kappa shape index (κ3) is 5.19. The molecule has 3 saturated heterocycles. The predicted molar refractivity (Wildman–Crippen MR) is 147 cm³/mol. The minimum Gasteiger partial charge on any atom is -0.494 e. The van der Waals surface area contributed by atoms with Crippen LogP contribution in [0.3, 0.4) is 0 Å². The van der Waals surface area contributed by atoms with Gasteiger partial charge in [0.05, 0.1) is 37.2 Å². The monoisotopic (exact) mass is 593 g/mol. The molecule has 3 aliphatic heterocycles. The van der Waals surface area contributed by atoms with Crippen LogP contribution in [0.25, 0.3) is 0 Å². The highest BCUT2D eigenvalue weighted by Gasteiger charge is 2.77. The van der Waals surface area contributed by atoms with Gasteiger partial charge in [0.2, 0.25) is 17.7 Å². The van der Waals surface area contributed by atoms with Crippen molar-refractivity contribution < 1.29 is 29.0 Å². The maximum Gasteiger partial charge on any atom is 0.245 e. The summed E-state index contributed by atoms with van der Waals surface area (Å²) in [6.07, 6.45) is 2.16. The van der Waals surface area contributed by atoms with Crippen LogP contribution in [0, 0.1) is 17.8 Å². The zero-order valence-electron chi connectivity index (χ0n) is 22.6. The molecule has 3 amide bonds. The number of halogens is 1. The van der Waals surface area contributed by atoms with Crippen molar-refractivity contribution in [1.29, 1.82) is 0 Å². The average Bonchev–Trinajstić information content (AvgIpc) is 3.47. The number of carbonyl (C=O) groups is 3. The zero-order valence-corrected chi connectivity index (χ0v) is 24.2. The summed E-state index contributed by atoms with van der Waals surface area (Å²) in [5.74, 6) is -1.60. The Bertz CT molecular complexity index is 1020. The van der Waals surface area contributed by atoms with E-state index >= 15 is 0 Å². The van der Waals surface area contributed by atoms with Crippen molar-refractivity contribution in [3.8, 4) is 5.75 Å². The summed E-state index contributed by atoms with van der Waals surface area (Å²) < 4.78 is 12.0. The van der Waals surface area contributed by atoms with E-state index in [0.717, 1.165) is 12.8 Å². The first-order valence-electron chi connectivity index (χ1n) is 13.7. The molecule has 3 fully saturated rings. The van der Waals surface area contributed by atoms with Crippen molar-refractivity contribution >= 4 is 39.3 Å². The third-order valence-corrected chi connectivity index (χ3v) is 8.73. The molecule has 1 spiro atoms. The molecule has 10 heteroatoms. The Hall–Kier alpha value is -2.17. The van der Waals surface area contributed by atoms with E-state index in [9.17, 15) is 19.5 Å². The first-order valence-corrected chi connectivity index (χ1v) is 14.7. The zero-order chi connectivity index (χ0) is 27.6. The van der Waals surface area contributed by atoms with Crippen molar-refractivity contribution in [3.63, 3.8) is 0 Å². The second kappa shape index (κ2) is 11.9. The number of fused-ring (bicyclic) bond motifs is 1. The van der Waals surface area contributed by atoms with E-state index in [1.807, 2.05) is 27.7 Å². The molecule has 2 bridgehead atoms. The number of anilines is 1. The Morgan fingerprint density at radius 2 is 1.95 bits per heavy atom. The highest BCUT2D eigenvalue weighted by atomic mass is 79.9. The first kappa shape index (κ1) is 28.8. The largest absolute Gasteiger partial charge is 0.494 e. The average molecular weight is 595 g/mol. The van der Waals surface area contributed by atoms with Crippen molar-refractivity contribution in [1.82, 2.24) is 10.2 Å². The molecule has 0 aromatic heterocycles. The van der Waals surface area contributed by atoms with E-state index in [4.69, 9.17) is 9.47 Å². The molecule has 210 valence electrons. The molecule has 3 N–H and O–H groups in total. The van der Waals surface area contributed by atoms with Gasteiger partial charge in [-0.05, 0) is 56.4 Å². The molecule has 0 saturated carbocycles. The summed E-state index contributed by atoms with van der Waals surface area (Å²) in [7, 11) is 0. The van der Waals surface area contributed by atoms with Gasteiger partial charge in [-0.3, -0.25) is 14.4 Å². The molecule has 3 heterocycles. The number of nitrogens with one attached hydrogen (secondary N) is 2. The summed E-state index contributed by atoms with van der Waals surface area (Å²) in [6, 6.07) is 5.62. The number of amides is 3. The highest BCUT2D eigenvalue weighted by molar-refractivity contribution is 9.09. The number of rotatable bonds is 12. The second-order valence-electron chi connectivity index (χ2n) is 11.0. The fraction of sp³-hybridized carbons (Fsp3) is 0.679. The number of carbonyl (C=O) groups excluding carboxylic acids is 3. The Morgan fingerprint density at radius 1 is 1.24 bits per heavy atom. The third-order valence-electron chi connectivity index (χ3n) is 7.89. The van der Waals surface area contributed by atoms with Crippen LogP contribution in [0.4, 0.5) is 5.69 Å². The summed E-state index contributed by atoms with van der Waals surface area (Å²) in [6.45, 7) is 8.74. The summed E-state index contributed by atoms with van der Waals surface area (Å²) in [5, 5.41) is 16.3. The summed E-state index contributed by atoms with van der Waals surface area (Å²) in [4.78, 5) is 42.8. The minimum atomic E-state index is -1.14. The van der Waals surface area contributed by atoms with Gasteiger partial charge in [-0.25, -0.2) is 0 Å². The van der Waals surface area contributed by atoms with Crippen molar-refractivity contribution in [2.75, 3.05) is 25.1 Å². The van der Waals surface area contributed by atoms with E-state index in [1.54, 1.807) is 24.3 Å². The molecule has 3 aliphatic rings. The van der Waals surface area contributed by atoms with Crippen molar-refractivity contribution in [2.24, 2.45) is 17.8 Å². The van der Waals surface area contributed by atoms with Gasteiger partial charge in [0.25, 0.3) is 0 Å². The quantitative estimate of drug-likeness (QED) is 0.253. The fourth-order valence-corrected chi connectivity index (χ4v) is 7.33. The predicted octanol–water partition coefficient (Wildman–Crippen LogP) is 3.10. The van der Waals surface area contributed by atoms with Gasteiger partial charge < -0.3 is 30.1 Å². The number of alkyl halides is 1. The molecule has 4 rings (SSSR count). The van der Waals surface area contributed by atoms with E-state index < -0.39 is 35.6 Å². The number of aliphatic hydroxyl groups excluding tert-OH is 1. The van der Waals surface area contributed by atoms with Gasteiger partial charge in [0.15, 0.2) is 0 Å². The van der Waals surface area contributed by atoms with Crippen LogP contribution >= 0.6 is 15.9 Å². The Labute approximate surface area is 233 Å². The number of nitrogens with zero attached hydrogens (tertiary/aromatic N) is 1. The van der Waals surface area contributed by atoms with Crippen LogP contribution in [0.2, 0.25) is 0 Å². The normalized spacial score (nSPS) is 30.4. The lowest BCUT2D eigenvalue weighted by molar-refractivity contribution is -0.145. The maximum atomic E-state index is 14.1. The Morgan fingerprint density at radius 3 is 2.55 bits per heavy atom. The van der Waals surface area contributed by atoms with Crippen LogP contribution < -0.4 is 15.4 Å². The molecule has 7 atom stereocenters. The number of likely N-dealkylation sites (tertiary alicyclic amines) is 1. The molecular formula is C28H40BrN3O6. The number of aliphatic hydroxyl groups is 1. The number of hydrogen-bond donors (Lipinski definition) is 3. The van der Waals surface area contributed by atoms with Crippen molar-refractivity contribution in [2.45, 2.75) is 82.0 Å². The Kier molecular flexibility index (Phi) is 9.04. The topological polar surface area (TPSA) is 117 Å². The van der Waals surface area contributed by atoms with Gasteiger partial charge in [-0.1, -0.05) is 43.1 Å². The lowest BCUT2D eigenvalue weighted by atomic mass is 9.70. The van der Waals surface area contributed by atoms with Crippen molar-refractivity contribution in [3.05, 3.63) is 24.3 Å².